The second-order valence-corrected chi connectivity index (χ2v) is 7.31. The van der Waals surface area contributed by atoms with Crippen LogP contribution < -0.4 is 5.73 Å². The Hall–Kier alpha value is -0.850. The van der Waals surface area contributed by atoms with Gasteiger partial charge in [-0.1, -0.05) is 0 Å². The zero-order valence-corrected chi connectivity index (χ0v) is 13.4. The van der Waals surface area contributed by atoms with Crippen molar-refractivity contribution in [2.24, 2.45) is 5.73 Å². The minimum absolute atomic E-state index is 0.332. The van der Waals surface area contributed by atoms with Gasteiger partial charge in [-0.2, -0.15) is 0 Å². The molecular formula is C15H28N2O4. The third kappa shape index (κ3) is 3.67. The summed E-state index contributed by atoms with van der Waals surface area (Å²) in [5.74, 6) is 0. The zero-order valence-electron chi connectivity index (χ0n) is 13.4. The van der Waals surface area contributed by atoms with E-state index in [9.17, 15) is 9.90 Å². The molecule has 2 aliphatic heterocycles. The molecule has 0 saturated carbocycles. The summed E-state index contributed by atoms with van der Waals surface area (Å²) in [5.41, 5.74) is 4.23. The quantitative estimate of drug-likeness (QED) is 0.761. The summed E-state index contributed by atoms with van der Waals surface area (Å²) in [4.78, 5) is 13.9. The van der Waals surface area contributed by atoms with Crippen LogP contribution in [0.15, 0.2) is 0 Å². The first-order valence-corrected chi connectivity index (χ1v) is 7.72. The molecule has 2 fully saturated rings. The number of carbonyl (C=O) groups excluding carboxylic acids is 1. The molecule has 6 nitrogen and oxygen atoms in total. The summed E-state index contributed by atoms with van der Waals surface area (Å²) < 4.78 is 10.7. The van der Waals surface area contributed by atoms with Crippen LogP contribution in [0.1, 0.15) is 46.5 Å². The van der Waals surface area contributed by atoms with Crippen LogP contribution in [0.5, 0.6) is 0 Å². The van der Waals surface area contributed by atoms with Crippen LogP contribution in [0.2, 0.25) is 0 Å². The van der Waals surface area contributed by atoms with Crippen LogP contribution in [0.4, 0.5) is 4.79 Å². The monoisotopic (exact) mass is 300 g/mol. The van der Waals surface area contributed by atoms with Crippen molar-refractivity contribution in [1.29, 1.82) is 0 Å². The lowest BCUT2D eigenvalue weighted by Crippen LogP contribution is -2.69. The van der Waals surface area contributed by atoms with Crippen LogP contribution in [0, 0.1) is 0 Å². The Morgan fingerprint density at radius 1 is 1.29 bits per heavy atom. The van der Waals surface area contributed by atoms with Gasteiger partial charge in [0.15, 0.2) is 0 Å². The van der Waals surface area contributed by atoms with Crippen LogP contribution >= 0.6 is 0 Å². The predicted octanol–water partition coefficient (Wildman–Crippen LogP) is 1.26. The molecule has 0 radical (unpaired) electrons. The summed E-state index contributed by atoms with van der Waals surface area (Å²) in [6, 6.07) is 0. The predicted molar refractivity (Wildman–Crippen MR) is 79.0 cm³/mol. The maximum atomic E-state index is 12.2. The SMILES string of the molecule is CC(C)(C)OC(=O)N1CCCC(N)(C2(O)CCOCC2)C1. The smallest absolute Gasteiger partial charge is 0.410 e. The fraction of sp³-hybridized carbons (Fsp3) is 0.933. The molecule has 2 heterocycles. The Labute approximate surface area is 126 Å². The van der Waals surface area contributed by atoms with Gasteiger partial charge in [-0.05, 0) is 33.6 Å². The molecule has 21 heavy (non-hydrogen) atoms. The second kappa shape index (κ2) is 5.74. The van der Waals surface area contributed by atoms with Gasteiger partial charge in [0.2, 0.25) is 0 Å². The van der Waals surface area contributed by atoms with Gasteiger partial charge in [-0.15, -0.1) is 0 Å². The molecule has 0 aromatic heterocycles. The minimum atomic E-state index is -0.966. The normalized spacial score (nSPS) is 30.0. The van der Waals surface area contributed by atoms with Gasteiger partial charge in [0.05, 0.1) is 11.1 Å². The van der Waals surface area contributed by atoms with Gasteiger partial charge in [-0.3, -0.25) is 0 Å². The van der Waals surface area contributed by atoms with Crippen molar-refractivity contribution in [2.45, 2.75) is 63.2 Å². The third-order valence-electron chi connectivity index (χ3n) is 4.42. The fourth-order valence-corrected chi connectivity index (χ4v) is 3.15. The van der Waals surface area contributed by atoms with E-state index >= 15 is 0 Å². The number of hydrogen-bond donors (Lipinski definition) is 2. The maximum absolute atomic E-state index is 12.2. The fourth-order valence-electron chi connectivity index (χ4n) is 3.15. The maximum Gasteiger partial charge on any atom is 0.410 e. The van der Waals surface area contributed by atoms with E-state index < -0.39 is 16.7 Å². The highest BCUT2D eigenvalue weighted by molar-refractivity contribution is 5.68. The molecule has 2 rings (SSSR count). The number of amides is 1. The van der Waals surface area contributed by atoms with E-state index in [4.69, 9.17) is 15.2 Å². The van der Waals surface area contributed by atoms with E-state index in [-0.39, 0.29) is 6.09 Å². The standard InChI is InChI=1S/C15H28N2O4/c1-13(2,3)21-12(18)17-8-4-5-14(16,11-17)15(19)6-9-20-10-7-15/h19H,4-11,16H2,1-3H3. The third-order valence-corrected chi connectivity index (χ3v) is 4.42. The van der Waals surface area contributed by atoms with E-state index in [1.165, 1.54) is 0 Å². The first-order valence-electron chi connectivity index (χ1n) is 7.72. The summed E-state index contributed by atoms with van der Waals surface area (Å²) in [6.07, 6.45) is 2.17. The van der Waals surface area contributed by atoms with E-state index in [1.807, 2.05) is 20.8 Å². The van der Waals surface area contributed by atoms with Crippen LogP contribution in [-0.2, 0) is 9.47 Å². The summed E-state index contributed by atoms with van der Waals surface area (Å²) in [6.45, 7) is 7.52. The number of nitrogens with zero attached hydrogens (tertiary/aromatic N) is 1. The topological polar surface area (TPSA) is 85.0 Å². The molecule has 1 atom stereocenters. The summed E-state index contributed by atoms with van der Waals surface area (Å²) in [7, 11) is 0. The van der Waals surface area contributed by atoms with Crippen molar-refractivity contribution in [3.8, 4) is 0 Å². The van der Waals surface area contributed by atoms with E-state index in [0.717, 1.165) is 6.42 Å². The Morgan fingerprint density at radius 2 is 1.90 bits per heavy atom. The molecule has 2 saturated heterocycles. The van der Waals surface area contributed by atoms with Crippen molar-refractivity contribution in [2.75, 3.05) is 26.3 Å². The van der Waals surface area contributed by atoms with Crippen LogP contribution in [0.3, 0.4) is 0 Å². The number of nitrogens with two attached hydrogens (primary N) is 1. The lowest BCUT2D eigenvalue weighted by molar-refractivity contribution is -0.125. The molecule has 1 unspecified atom stereocenters. The number of likely N-dealkylation sites (tertiary alicyclic amines) is 1. The van der Waals surface area contributed by atoms with Gasteiger partial charge in [-0.25, -0.2) is 4.79 Å². The van der Waals surface area contributed by atoms with E-state index in [2.05, 4.69) is 0 Å². The Kier molecular flexibility index (Phi) is 4.52. The van der Waals surface area contributed by atoms with E-state index in [0.29, 0.717) is 45.6 Å². The summed E-state index contributed by atoms with van der Waals surface area (Å²) >= 11 is 0. The lowest BCUT2D eigenvalue weighted by atomic mass is 9.71. The highest BCUT2D eigenvalue weighted by atomic mass is 16.6. The average molecular weight is 300 g/mol. The van der Waals surface area contributed by atoms with Gasteiger partial charge >= 0.3 is 6.09 Å². The first kappa shape index (κ1) is 16.5. The number of rotatable bonds is 1. The molecule has 0 aromatic carbocycles. The van der Waals surface area contributed by atoms with Gasteiger partial charge < -0.3 is 25.2 Å². The zero-order chi connectivity index (χ0) is 15.7. The Morgan fingerprint density at radius 3 is 2.48 bits per heavy atom. The number of hydrogen-bond acceptors (Lipinski definition) is 5. The molecule has 1 amide bonds. The van der Waals surface area contributed by atoms with Crippen molar-refractivity contribution in [3.63, 3.8) is 0 Å². The largest absolute Gasteiger partial charge is 0.444 e. The highest BCUT2D eigenvalue weighted by Crippen LogP contribution is 2.37. The average Bonchev–Trinajstić information content (AvgIpc) is 2.37. The van der Waals surface area contributed by atoms with Crippen molar-refractivity contribution in [1.82, 2.24) is 4.90 Å². The lowest BCUT2D eigenvalue weighted by Gasteiger charge is -2.51. The molecule has 0 bridgehead atoms. The Bertz CT molecular complexity index is 388. The van der Waals surface area contributed by atoms with E-state index in [1.54, 1.807) is 4.90 Å². The molecule has 122 valence electrons. The van der Waals surface area contributed by atoms with Crippen LogP contribution in [0.25, 0.3) is 0 Å². The van der Waals surface area contributed by atoms with Gasteiger partial charge in [0.25, 0.3) is 0 Å². The molecule has 0 aromatic rings. The second-order valence-electron chi connectivity index (χ2n) is 7.31. The van der Waals surface area contributed by atoms with Gasteiger partial charge in [0.1, 0.15) is 5.60 Å². The number of aliphatic hydroxyl groups is 1. The van der Waals surface area contributed by atoms with Crippen molar-refractivity contribution < 1.29 is 19.4 Å². The summed E-state index contributed by atoms with van der Waals surface area (Å²) in [5, 5.41) is 10.9. The molecule has 6 heteroatoms. The first-order chi connectivity index (χ1) is 9.65. The molecule has 2 aliphatic rings. The molecule has 3 N–H and O–H groups in total. The van der Waals surface area contributed by atoms with Crippen molar-refractivity contribution >= 4 is 6.09 Å². The number of piperidine rings is 1. The van der Waals surface area contributed by atoms with Gasteiger partial charge in [0, 0.05) is 39.1 Å². The van der Waals surface area contributed by atoms with Crippen LogP contribution in [-0.4, -0.2) is 59.1 Å². The minimum Gasteiger partial charge on any atom is -0.444 e. The number of carbonyl (C=O) groups is 1. The molecule has 0 spiro atoms. The molecular weight excluding hydrogens is 272 g/mol. The number of ether oxygens (including phenoxy) is 2. The highest BCUT2D eigenvalue weighted by Gasteiger charge is 2.51. The molecule has 0 aliphatic carbocycles. The van der Waals surface area contributed by atoms with Crippen molar-refractivity contribution in [3.05, 3.63) is 0 Å². The Balaban J connectivity index is 2.07.